The van der Waals surface area contributed by atoms with Crippen molar-refractivity contribution in [1.29, 1.82) is 0 Å². The van der Waals surface area contributed by atoms with Crippen LogP contribution >= 0.6 is 0 Å². The number of oxazole rings is 1. The molecular weight excluding hydrogens is 272 g/mol. The van der Waals surface area contributed by atoms with Gasteiger partial charge in [-0.3, -0.25) is 9.36 Å². The van der Waals surface area contributed by atoms with Gasteiger partial charge in [-0.15, -0.1) is 0 Å². The molecule has 2 aromatic rings. The number of carbonyl (C=O) groups is 1. The number of carboxylic acid groups (broad SMARTS) is 1. The van der Waals surface area contributed by atoms with E-state index in [1.165, 1.54) is 0 Å². The number of aromatic nitrogens is 1. The fourth-order valence-electron chi connectivity index (χ4n) is 2.31. The number of nitrogens with zero attached hydrogens (tertiary/aromatic N) is 2. The van der Waals surface area contributed by atoms with Crippen molar-refractivity contribution >= 4 is 17.1 Å². The maximum absolute atomic E-state index is 11.9. The summed E-state index contributed by atoms with van der Waals surface area (Å²) in [4.78, 5) is 24.8. The van der Waals surface area contributed by atoms with Gasteiger partial charge in [-0.1, -0.05) is 26.0 Å². The summed E-state index contributed by atoms with van der Waals surface area (Å²) in [6.45, 7) is 5.96. The molecule has 0 spiro atoms. The molecule has 1 unspecified atom stereocenters. The van der Waals surface area contributed by atoms with Gasteiger partial charge in [-0.25, -0.2) is 4.79 Å². The molecule has 1 aromatic carbocycles. The van der Waals surface area contributed by atoms with Crippen LogP contribution in [0.2, 0.25) is 0 Å². The lowest BCUT2D eigenvalue weighted by atomic mass is 10.1. The fourth-order valence-corrected chi connectivity index (χ4v) is 2.31. The smallest absolute Gasteiger partial charge is 0.419 e. The molecule has 1 aromatic heterocycles. The zero-order chi connectivity index (χ0) is 15.4. The van der Waals surface area contributed by atoms with Crippen LogP contribution in [-0.2, 0) is 11.3 Å². The highest BCUT2D eigenvalue weighted by Gasteiger charge is 2.16. The molecule has 0 radical (unpaired) electrons. The standard InChI is InChI=1S/C15H20N2O4/c1-3-16(10-11(2)14(18)19)8-9-17-12-6-4-5-7-13(12)21-15(17)20/h4-7,11H,3,8-10H2,1-2H3,(H,18,19). The summed E-state index contributed by atoms with van der Waals surface area (Å²) < 4.78 is 6.77. The molecule has 6 nitrogen and oxygen atoms in total. The second kappa shape index (κ2) is 6.58. The minimum absolute atomic E-state index is 0.376. The average Bonchev–Trinajstić information content (AvgIpc) is 2.78. The van der Waals surface area contributed by atoms with E-state index in [9.17, 15) is 9.59 Å². The molecular formula is C15H20N2O4. The first kappa shape index (κ1) is 15.3. The van der Waals surface area contributed by atoms with Crippen molar-refractivity contribution in [3.63, 3.8) is 0 Å². The third-order valence-corrected chi connectivity index (χ3v) is 3.61. The van der Waals surface area contributed by atoms with Crippen LogP contribution in [0.1, 0.15) is 13.8 Å². The van der Waals surface area contributed by atoms with Crippen molar-refractivity contribution in [2.24, 2.45) is 5.92 Å². The lowest BCUT2D eigenvalue weighted by Gasteiger charge is -2.22. The van der Waals surface area contributed by atoms with E-state index in [1.807, 2.05) is 30.0 Å². The second-order valence-electron chi connectivity index (χ2n) is 5.12. The van der Waals surface area contributed by atoms with E-state index < -0.39 is 11.9 Å². The molecule has 6 heteroatoms. The van der Waals surface area contributed by atoms with E-state index in [2.05, 4.69) is 0 Å². The molecule has 0 saturated carbocycles. The molecule has 0 aliphatic carbocycles. The third-order valence-electron chi connectivity index (χ3n) is 3.61. The average molecular weight is 292 g/mol. The molecule has 0 saturated heterocycles. The summed E-state index contributed by atoms with van der Waals surface area (Å²) in [7, 11) is 0. The SMILES string of the molecule is CCN(CCn1c(=O)oc2ccccc21)CC(C)C(=O)O. The number of likely N-dealkylation sites (N-methyl/N-ethyl adjacent to an activating group) is 1. The van der Waals surface area contributed by atoms with E-state index in [0.29, 0.717) is 25.2 Å². The number of carboxylic acids is 1. The monoisotopic (exact) mass is 292 g/mol. The number of hydrogen-bond donors (Lipinski definition) is 1. The van der Waals surface area contributed by atoms with Crippen LogP contribution in [0.4, 0.5) is 0 Å². The second-order valence-corrected chi connectivity index (χ2v) is 5.12. The summed E-state index contributed by atoms with van der Waals surface area (Å²) >= 11 is 0. The van der Waals surface area contributed by atoms with Crippen molar-refractivity contribution in [3.8, 4) is 0 Å². The van der Waals surface area contributed by atoms with Crippen LogP contribution in [-0.4, -0.2) is 40.2 Å². The van der Waals surface area contributed by atoms with Crippen molar-refractivity contribution in [1.82, 2.24) is 9.47 Å². The molecule has 0 fully saturated rings. The Hall–Kier alpha value is -2.08. The highest BCUT2D eigenvalue weighted by atomic mass is 16.4. The maximum atomic E-state index is 11.9. The van der Waals surface area contributed by atoms with E-state index in [4.69, 9.17) is 9.52 Å². The lowest BCUT2D eigenvalue weighted by Crippen LogP contribution is -2.35. The van der Waals surface area contributed by atoms with Gasteiger partial charge >= 0.3 is 11.7 Å². The lowest BCUT2D eigenvalue weighted by molar-refractivity contribution is -0.141. The predicted molar refractivity (Wildman–Crippen MR) is 79.4 cm³/mol. The zero-order valence-electron chi connectivity index (χ0n) is 12.3. The Morgan fingerprint density at radius 2 is 2.14 bits per heavy atom. The van der Waals surface area contributed by atoms with Crippen LogP contribution in [0, 0.1) is 5.92 Å². The zero-order valence-corrected chi connectivity index (χ0v) is 12.3. The Labute approximate surface area is 122 Å². The first-order valence-corrected chi connectivity index (χ1v) is 7.06. The summed E-state index contributed by atoms with van der Waals surface area (Å²) in [5.41, 5.74) is 1.34. The van der Waals surface area contributed by atoms with Gasteiger partial charge in [-0.05, 0) is 18.7 Å². The quantitative estimate of drug-likeness (QED) is 0.839. The molecule has 0 amide bonds. The van der Waals surface area contributed by atoms with E-state index in [-0.39, 0.29) is 5.76 Å². The molecule has 1 heterocycles. The molecule has 1 N–H and O–H groups in total. The van der Waals surface area contributed by atoms with E-state index in [1.54, 1.807) is 17.6 Å². The van der Waals surface area contributed by atoms with Crippen LogP contribution in [0.3, 0.4) is 0 Å². The number of rotatable bonds is 7. The van der Waals surface area contributed by atoms with Crippen LogP contribution in [0.5, 0.6) is 0 Å². The summed E-state index contributed by atoms with van der Waals surface area (Å²) in [5.74, 6) is -1.61. The maximum Gasteiger partial charge on any atom is 0.419 e. The predicted octanol–water partition coefficient (Wildman–Crippen LogP) is 1.64. The number of hydrogen-bond acceptors (Lipinski definition) is 4. The van der Waals surface area contributed by atoms with Crippen LogP contribution in [0.15, 0.2) is 33.5 Å². The van der Waals surface area contributed by atoms with E-state index in [0.717, 1.165) is 12.1 Å². The van der Waals surface area contributed by atoms with Gasteiger partial charge in [0.05, 0.1) is 11.4 Å². The van der Waals surface area contributed by atoms with Gasteiger partial charge in [0.2, 0.25) is 0 Å². The highest BCUT2D eigenvalue weighted by molar-refractivity contribution is 5.72. The minimum Gasteiger partial charge on any atom is -0.481 e. The summed E-state index contributed by atoms with van der Waals surface area (Å²) in [6, 6.07) is 7.29. The Kier molecular flexibility index (Phi) is 4.80. The highest BCUT2D eigenvalue weighted by Crippen LogP contribution is 2.11. The number of para-hydroxylation sites is 2. The van der Waals surface area contributed by atoms with Crippen LogP contribution in [0.25, 0.3) is 11.1 Å². The Bertz CT molecular complexity index is 674. The Balaban J connectivity index is 2.08. The van der Waals surface area contributed by atoms with Gasteiger partial charge in [0, 0.05) is 19.6 Å². The number of aliphatic carboxylic acids is 1. The van der Waals surface area contributed by atoms with Gasteiger partial charge < -0.3 is 14.4 Å². The topological polar surface area (TPSA) is 75.7 Å². The number of fused-ring (bicyclic) bond motifs is 1. The molecule has 114 valence electrons. The summed E-state index contributed by atoms with van der Waals surface area (Å²) in [5, 5.41) is 8.97. The minimum atomic E-state index is -0.806. The van der Waals surface area contributed by atoms with Gasteiger partial charge in [0.15, 0.2) is 5.58 Å². The molecule has 0 bridgehead atoms. The Morgan fingerprint density at radius 3 is 2.81 bits per heavy atom. The summed E-state index contributed by atoms with van der Waals surface area (Å²) in [6.07, 6.45) is 0. The van der Waals surface area contributed by atoms with Gasteiger partial charge in [0.25, 0.3) is 0 Å². The van der Waals surface area contributed by atoms with Crippen molar-refractivity contribution in [2.45, 2.75) is 20.4 Å². The number of benzene rings is 1. The molecule has 0 aliphatic rings. The van der Waals surface area contributed by atoms with Gasteiger partial charge in [0.1, 0.15) is 0 Å². The van der Waals surface area contributed by atoms with Crippen molar-refractivity contribution in [3.05, 3.63) is 34.8 Å². The largest absolute Gasteiger partial charge is 0.481 e. The molecule has 1 atom stereocenters. The fraction of sp³-hybridized carbons (Fsp3) is 0.467. The normalized spacial score (nSPS) is 12.9. The van der Waals surface area contributed by atoms with Gasteiger partial charge in [-0.2, -0.15) is 0 Å². The van der Waals surface area contributed by atoms with Crippen LogP contribution < -0.4 is 5.76 Å². The molecule has 2 rings (SSSR count). The van der Waals surface area contributed by atoms with Crippen molar-refractivity contribution in [2.75, 3.05) is 19.6 Å². The molecule has 21 heavy (non-hydrogen) atoms. The van der Waals surface area contributed by atoms with E-state index >= 15 is 0 Å². The first-order valence-electron chi connectivity index (χ1n) is 7.06. The first-order chi connectivity index (χ1) is 10.0. The Morgan fingerprint density at radius 1 is 1.43 bits per heavy atom. The molecule has 0 aliphatic heterocycles. The third kappa shape index (κ3) is 3.52. The van der Waals surface area contributed by atoms with Crippen molar-refractivity contribution < 1.29 is 14.3 Å².